The molecule has 0 aliphatic rings. The second-order valence-electron chi connectivity index (χ2n) is 2.51. The van der Waals surface area contributed by atoms with Gasteiger partial charge in [0, 0.05) is 14.1 Å². The van der Waals surface area contributed by atoms with E-state index in [0.29, 0.717) is 10.3 Å². The highest BCUT2D eigenvalue weighted by molar-refractivity contribution is 9.10. The average Bonchev–Trinajstić information content (AvgIpc) is 2.03. The molecule has 1 aromatic rings. The van der Waals surface area contributed by atoms with Crippen molar-refractivity contribution in [3.05, 3.63) is 22.4 Å². The van der Waals surface area contributed by atoms with Crippen LogP contribution in [0.2, 0.25) is 0 Å². The van der Waals surface area contributed by atoms with Crippen LogP contribution in [0.3, 0.4) is 0 Å². The Morgan fingerprint density at radius 2 is 2.17 bits per heavy atom. The molecule has 4 heteroatoms. The lowest BCUT2D eigenvalue weighted by atomic mass is 10.3. The molecule has 0 N–H and O–H groups in total. The number of nitrogens with zero attached hydrogens (tertiary/aromatic N) is 3. The van der Waals surface area contributed by atoms with E-state index in [4.69, 9.17) is 5.26 Å². The molecule has 12 heavy (non-hydrogen) atoms. The van der Waals surface area contributed by atoms with Gasteiger partial charge < -0.3 is 4.90 Å². The fourth-order valence-corrected chi connectivity index (χ4v) is 1.18. The molecule has 0 fully saturated rings. The molecule has 0 unspecified atom stereocenters. The Labute approximate surface area is 79.8 Å². The van der Waals surface area contributed by atoms with Crippen molar-refractivity contribution in [2.75, 3.05) is 19.0 Å². The lowest BCUT2D eigenvalue weighted by molar-refractivity contribution is 1.09. The molecule has 0 aromatic carbocycles. The van der Waals surface area contributed by atoms with Gasteiger partial charge in [-0.05, 0) is 28.1 Å². The quantitative estimate of drug-likeness (QED) is 0.685. The largest absolute Gasteiger partial charge is 0.375 e. The van der Waals surface area contributed by atoms with Crippen LogP contribution in [0.15, 0.2) is 16.7 Å². The number of hydrogen-bond acceptors (Lipinski definition) is 3. The fraction of sp³-hybridized carbons (Fsp3) is 0.250. The predicted molar refractivity (Wildman–Crippen MR) is 51.0 cm³/mol. The van der Waals surface area contributed by atoms with E-state index in [-0.39, 0.29) is 0 Å². The Morgan fingerprint density at radius 3 is 2.67 bits per heavy atom. The summed E-state index contributed by atoms with van der Waals surface area (Å²) >= 11 is 3.21. The highest BCUT2D eigenvalue weighted by atomic mass is 79.9. The van der Waals surface area contributed by atoms with Crippen LogP contribution in [0.25, 0.3) is 0 Å². The standard InChI is InChI=1S/C8H8BrN3/c1-12(2)7-3-4-8(9)11-6(7)5-10/h3-4H,1-2H3. The van der Waals surface area contributed by atoms with Crippen molar-refractivity contribution < 1.29 is 0 Å². The molecule has 0 saturated carbocycles. The van der Waals surface area contributed by atoms with Crippen molar-refractivity contribution in [1.29, 1.82) is 5.26 Å². The summed E-state index contributed by atoms with van der Waals surface area (Å²) in [4.78, 5) is 5.89. The molecule has 0 aliphatic carbocycles. The number of nitriles is 1. The van der Waals surface area contributed by atoms with Crippen molar-refractivity contribution in [2.45, 2.75) is 0 Å². The minimum atomic E-state index is 0.439. The molecular formula is C8H8BrN3. The van der Waals surface area contributed by atoms with Crippen LogP contribution in [-0.4, -0.2) is 19.1 Å². The zero-order chi connectivity index (χ0) is 9.14. The molecule has 0 bridgehead atoms. The Bertz CT molecular complexity index is 328. The third-order valence-electron chi connectivity index (χ3n) is 1.43. The van der Waals surface area contributed by atoms with Crippen molar-refractivity contribution in [2.24, 2.45) is 0 Å². The minimum Gasteiger partial charge on any atom is -0.375 e. The second kappa shape index (κ2) is 3.55. The smallest absolute Gasteiger partial charge is 0.165 e. The van der Waals surface area contributed by atoms with Gasteiger partial charge in [-0.3, -0.25) is 0 Å². The molecule has 62 valence electrons. The van der Waals surface area contributed by atoms with E-state index in [1.165, 1.54) is 0 Å². The van der Waals surface area contributed by atoms with Gasteiger partial charge in [0.15, 0.2) is 5.69 Å². The molecule has 0 saturated heterocycles. The molecule has 0 atom stereocenters. The van der Waals surface area contributed by atoms with E-state index in [0.717, 1.165) is 5.69 Å². The highest BCUT2D eigenvalue weighted by Gasteiger charge is 2.04. The zero-order valence-electron chi connectivity index (χ0n) is 6.87. The molecule has 0 radical (unpaired) electrons. The maximum absolute atomic E-state index is 8.73. The van der Waals surface area contributed by atoms with Crippen LogP contribution in [0.4, 0.5) is 5.69 Å². The molecule has 1 heterocycles. The van der Waals surface area contributed by atoms with Gasteiger partial charge >= 0.3 is 0 Å². The van der Waals surface area contributed by atoms with E-state index < -0.39 is 0 Å². The first-order chi connectivity index (χ1) is 5.65. The Morgan fingerprint density at radius 1 is 1.50 bits per heavy atom. The number of halogens is 1. The van der Waals surface area contributed by atoms with E-state index in [9.17, 15) is 0 Å². The lowest BCUT2D eigenvalue weighted by Crippen LogP contribution is -2.11. The lowest BCUT2D eigenvalue weighted by Gasteiger charge is -2.12. The first-order valence-electron chi connectivity index (χ1n) is 3.39. The first kappa shape index (κ1) is 9.01. The van der Waals surface area contributed by atoms with Gasteiger partial charge in [0.1, 0.15) is 10.7 Å². The number of anilines is 1. The van der Waals surface area contributed by atoms with Crippen LogP contribution in [0.1, 0.15) is 5.69 Å². The van der Waals surface area contributed by atoms with Crippen LogP contribution < -0.4 is 4.90 Å². The van der Waals surface area contributed by atoms with Gasteiger partial charge in [-0.1, -0.05) is 0 Å². The molecular weight excluding hydrogens is 218 g/mol. The molecule has 1 aromatic heterocycles. The maximum atomic E-state index is 8.73. The average molecular weight is 226 g/mol. The van der Waals surface area contributed by atoms with Crippen molar-refractivity contribution in [3.63, 3.8) is 0 Å². The van der Waals surface area contributed by atoms with Gasteiger partial charge in [-0.25, -0.2) is 4.98 Å². The fourth-order valence-electron chi connectivity index (χ4n) is 0.871. The van der Waals surface area contributed by atoms with E-state index in [1.54, 1.807) is 0 Å². The molecule has 1 rings (SSSR count). The molecule has 3 nitrogen and oxygen atoms in total. The maximum Gasteiger partial charge on any atom is 0.165 e. The molecule has 0 spiro atoms. The minimum absolute atomic E-state index is 0.439. The summed E-state index contributed by atoms with van der Waals surface area (Å²) in [6, 6.07) is 5.71. The molecule has 0 amide bonds. The number of aromatic nitrogens is 1. The summed E-state index contributed by atoms with van der Waals surface area (Å²) in [6.07, 6.45) is 0. The van der Waals surface area contributed by atoms with Gasteiger partial charge in [-0.15, -0.1) is 0 Å². The normalized spacial score (nSPS) is 9.17. The number of rotatable bonds is 1. The SMILES string of the molecule is CN(C)c1ccc(Br)nc1C#N. The van der Waals surface area contributed by atoms with Crippen LogP contribution in [0, 0.1) is 11.3 Å². The van der Waals surface area contributed by atoms with E-state index in [2.05, 4.69) is 20.9 Å². The van der Waals surface area contributed by atoms with Gasteiger partial charge in [0.05, 0.1) is 5.69 Å². The van der Waals surface area contributed by atoms with Crippen LogP contribution >= 0.6 is 15.9 Å². The Hall–Kier alpha value is -1.08. The first-order valence-corrected chi connectivity index (χ1v) is 4.18. The van der Waals surface area contributed by atoms with Gasteiger partial charge in [0.25, 0.3) is 0 Å². The highest BCUT2D eigenvalue weighted by Crippen LogP contribution is 2.18. The number of hydrogen-bond donors (Lipinski definition) is 0. The Balaban J connectivity index is 3.23. The number of pyridine rings is 1. The summed E-state index contributed by atoms with van der Waals surface area (Å²) < 4.78 is 0.685. The van der Waals surface area contributed by atoms with E-state index >= 15 is 0 Å². The van der Waals surface area contributed by atoms with E-state index in [1.807, 2.05) is 37.2 Å². The van der Waals surface area contributed by atoms with Crippen molar-refractivity contribution >= 4 is 21.6 Å². The third kappa shape index (κ3) is 1.74. The van der Waals surface area contributed by atoms with Crippen LogP contribution in [-0.2, 0) is 0 Å². The third-order valence-corrected chi connectivity index (χ3v) is 1.87. The predicted octanol–water partition coefficient (Wildman–Crippen LogP) is 1.78. The summed E-state index contributed by atoms with van der Waals surface area (Å²) in [5.41, 5.74) is 1.27. The van der Waals surface area contributed by atoms with Gasteiger partial charge in [0.2, 0.25) is 0 Å². The summed E-state index contributed by atoms with van der Waals surface area (Å²) in [7, 11) is 3.76. The Kier molecular flexibility index (Phi) is 2.66. The second-order valence-corrected chi connectivity index (χ2v) is 3.32. The van der Waals surface area contributed by atoms with Crippen LogP contribution in [0.5, 0.6) is 0 Å². The van der Waals surface area contributed by atoms with Crippen molar-refractivity contribution in [1.82, 2.24) is 4.98 Å². The monoisotopic (exact) mass is 225 g/mol. The summed E-state index contributed by atoms with van der Waals surface area (Å²) in [5, 5.41) is 8.73. The van der Waals surface area contributed by atoms with Gasteiger partial charge in [-0.2, -0.15) is 5.26 Å². The topological polar surface area (TPSA) is 39.9 Å². The summed E-state index contributed by atoms with van der Waals surface area (Å²) in [5.74, 6) is 0. The summed E-state index contributed by atoms with van der Waals surface area (Å²) in [6.45, 7) is 0. The van der Waals surface area contributed by atoms with Crippen molar-refractivity contribution in [3.8, 4) is 6.07 Å². The zero-order valence-corrected chi connectivity index (χ0v) is 8.46. The molecule has 0 aliphatic heterocycles.